The number of fused-ring (bicyclic) bond motifs is 1. The summed E-state index contributed by atoms with van der Waals surface area (Å²) in [6, 6.07) is 3.78. The summed E-state index contributed by atoms with van der Waals surface area (Å²) in [5.41, 5.74) is -0.682. The molecule has 114 valence electrons. The van der Waals surface area contributed by atoms with E-state index in [1.807, 2.05) is 0 Å². The van der Waals surface area contributed by atoms with Gasteiger partial charge in [0, 0.05) is 12.4 Å². The lowest BCUT2D eigenvalue weighted by Gasteiger charge is -2.04. The highest BCUT2D eigenvalue weighted by molar-refractivity contribution is 7.79. The normalized spacial score (nSPS) is 13.5. The summed E-state index contributed by atoms with van der Waals surface area (Å²) in [5.74, 6) is 0. The summed E-state index contributed by atoms with van der Waals surface area (Å²) >= 11 is -1.27. The third-order valence-electron chi connectivity index (χ3n) is 2.74. The zero-order valence-corrected chi connectivity index (χ0v) is 12.2. The van der Waals surface area contributed by atoms with Crippen LogP contribution < -0.4 is 0 Å². The average molecular weight is 345 g/mol. The van der Waals surface area contributed by atoms with Gasteiger partial charge in [0.15, 0.2) is 11.1 Å². The number of thiazole rings is 1. The van der Waals surface area contributed by atoms with Crippen molar-refractivity contribution in [3.8, 4) is 10.7 Å². The quantitative estimate of drug-likeness (QED) is 0.721. The molecule has 1 N–H and O–H groups in total. The van der Waals surface area contributed by atoms with E-state index in [1.165, 1.54) is 18.3 Å². The standard InChI is InChI=1S/C12H6F3N3O2S2/c13-12(14,15)6-4-7-10(17-5-6)21-11(18-7)9-8(22(19)20)2-1-3-16-9/h1-5H,(H,19,20). The van der Waals surface area contributed by atoms with Gasteiger partial charge in [-0.15, -0.1) is 0 Å². The number of hydrogen-bond donors (Lipinski definition) is 1. The summed E-state index contributed by atoms with van der Waals surface area (Å²) in [7, 11) is 0. The van der Waals surface area contributed by atoms with Crippen LogP contribution in [0, 0.1) is 0 Å². The Kier molecular flexibility index (Phi) is 3.67. The Morgan fingerprint density at radius 2 is 2.05 bits per heavy atom. The van der Waals surface area contributed by atoms with Gasteiger partial charge in [0.2, 0.25) is 0 Å². The fourth-order valence-electron chi connectivity index (χ4n) is 1.77. The van der Waals surface area contributed by atoms with Crippen LogP contribution in [0.25, 0.3) is 21.0 Å². The Morgan fingerprint density at radius 3 is 2.73 bits per heavy atom. The van der Waals surface area contributed by atoms with Crippen LogP contribution in [0.1, 0.15) is 5.56 Å². The van der Waals surface area contributed by atoms with E-state index in [9.17, 15) is 21.9 Å². The van der Waals surface area contributed by atoms with Crippen molar-refractivity contribution in [3.05, 3.63) is 36.2 Å². The van der Waals surface area contributed by atoms with Gasteiger partial charge >= 0.3 is 6.18 Å². The third kappa shape index (κ3) is 2.72. The molecule has 0 fully saturated rings. The minimum Gasteiger partial charge on any atom is -0.302 e. The maximum absolute atomic E-state index is 12.7. The predicted molar refractivity (Wildman–Crippen MR) is 74.7 cm³/mol. The van der Waals surface area contributed by atoms with Gasteiger partial charge in [0.05, 0.1) is 10.5 Å². The SMILES string of the molecule is O=S(O)c1cccnc1-c1nc2cc(C(F)(F)F)cnc2s1. The summed E-state index contributed by atoms with van der Waals surface area (Å²) < 4.78 is 58.5. The van der Waals surface area contributed by atoms with E-state index in [0.29, 0.717) is 4.83 Å². The van der Waals surface area contributed by atoms with Crippen molar-refractivity contribution in [2.24, 2.45) is 0 Å². The number of rotatable bonds is 2. The van der Waals surface area contributed by atoms with Crippen molar-refractivity contribution in [1.29, 1.82) is 0 Å². The Labute approximate surface area is 128 Å². The fourth-order valence-corrected chi connectivity index (χ4v) is 3.25. The van der Waals surface area contributed by atoms with Crippen molar-refractivity contribution in [2.75, 3.05) is 0 Å². The molecule has 0 radical (unpaired) electrons. The van der Waals surface area contributed by atoms with Gasteiger partial charge in [-0.25, -0.2) is 14.2 Å². The second kappa shape index (κ2) is 5.38. The van der Waals surface area contributed by atoms with Gasteiger partial charge in [-0.3, -0.25) is 4.98 Å². The number of hydrogen-bond acceptors (Lipinski definition) is 5. The van der Waals surface area contributed by atoms with Crippen molar-refractivity contribution in [1.82, 2.24) is 15.0 Å². The van der Waals surface area contributed by atoms with Gasteiger partial charge in [-0.1, -0.05) is 11.3 Å². The lowest BCUT2D eigenvalue weighted by Crippen LogP contribution is -2.04. The molecule has 0 spiro atoms. The molecule has 10 heteroatoms. The van der Waals surface area contributed by atoms with E-state index in [0.717, 1.165) is 23.6 Å². The van der Waals surface area contributed by atoms with Crippen LogP contribution in [-0.2, 0) is 17.3 Å². The smallest absolute Gasteiger partial charge is 0.302 e. The van der Waals surface area contributed by atoms with Crippen LogP contribution in [0.3, 0.4) is 0 Å². The monoisotopic (exact) mass is 345 g/mol. The first-order chi connectivity index (χ1) is 10.4. The minimum absolute atomic E-state index is 0.0394. The average Bonchev–Trinajstić information content (AvgIpc) is 2.89. The zero-order chi connectivity index (χ0) is 15.9. The first kappa shape index (κ1) is 15.0. The molecule has 0 aliphatic heterocycles. The van der Waals surface area contributed by atoms with Crippen LogP contribution in [-0.4, -0.2) is 23.7 Å². The number of nitrogens with zero attached hydrogens (tertiary/aromatic N) is 3. The topological polar surface area (TPSA) is 76.0 Å². The highest BCUT2D eigenvalue weighted by Gasteiger charge is 2.31. The van der Waals surface area contributed by atoms with Crippen LogP contribution in [0.2, 0.25) is 0 Å². The third-order valence-corrected chi connectivity index (χ3v) is 4.43. The molecule has 1 atom stereocenters. The van der Waals surface area contributed by atoms with Crippen LogP contribution in [0.5, 0.6) is 0 Å². The fraction of sp³-hybridized carbons (Fsp3) is 0.0833. The van der Waals surface area contributed by atoms with Crippen molar-refractivity contribution in [2.45, 2.75) is 11.1 Å². The molecule has 5 nitrogen and oxygen atoms in total. The van der Waals surface area contributed by atoms with Gasteiger partial charge in [0.25, 0.3) is 0 Å². The second-order valence-corrected chi connectivity index (χ2v) is 6.08. The summed E-state index contributed by atoms with van der Waals surface area (Å²) in [5, 5.41) is 0.236. The number of pyridine rings is 2. The minimum atomic E-state index is -4.51. The van der Waals surface area contributed by atoms with Gasteiger partial charge < -0.3 is 4.55 Å². The predicted octanol–water partition coefficient (Wildman–Crippen LogP) is 3.35. The zero-order valence-electron chi connectivity index (χ0n) is 10.5. The van der Waals surface area contributed by atoms with E-state index < -0.39 is 22.8 Å². The summed E-state index contributed by atoms with van der Waals surface area (Å²) in [4.78, 5) is 12.1. The number of halogens is 3. The Morgan fingerprint density at radius 1 is 1.27 bits per heavy atom. The summed E-state index contributed by atoms with van der Waals surface area (Å²) in [6.45, 7) is 0. The lowest BCUT2D eigenvalue weighted by molar-refractivity contribution is -0.137. The molecule has 0 bridgehead atoms. The molecule has 3 aromatic heterocycles. The molecule has 3 aromatic rings. The first-order valence-corrected chi connectivity index (χ1v) is 7.68. The number of alkyl halides is 3. The Hall–Kier alpha value is -1.91. The van der Waals surface area contributed by atoms with Crippen molar-refractivity contribution >= 4 is 32.8 Å². The first-order valence-electron chi connectivity index (χ1n) is 5.76. The largest absolute Gasteiger partial charge is 0.417 e. The molecule has 0 aliphatic rings. The maximum atomic E-state index is 12.7. The van der Waals surface area contributed by atoms with E-state index >= 15 is 0 Å². The molecule has 0 saturated heterocycles. The molecule has 0 aliphatic carbocycles. The van der Waals surface area contributed by atoms with Crippen molar-refractivity contribution < 1.29 is 21.9 Å². The molecule has 0 aromatic carbocycles. The van der Waals surface area contributed by atoms with E-state index in [4.69, 9.17) is 0 Å². The Bertz CT molecular complexity index is 879. The van der Waals surface area contributed by atoms with Crippen LogP contribution in [0.4, 0.5) is 13.2 Å². The van der Waals surface area contributed by atoms with Crippen LogP contribution in [0.15, 0.2) is 35.5 Å². The summed E-state index contributed by atoms with van der Waals surface area (Å²) in [6.07, 6.45) is -2.37. The van der Waals surface area contributed by atoms with Gasteiger partial charge in [-0.2, -0.15) is 13.2 Å². The molecule has 22 heavy (non-hydrogen) atoms. The Balaban J connectivity index is 2.16. The molecule has 3 rings (SSSR count). The molecule has 0 amide bonds. The van der Waals surface area contributed by atoms with E-state index in [1.54, 1.807) is 0 Å². The number of aromatic nitrogens is 3. The van der Waals surface area contributed by atoms with Crippen LogP contribution >= 0.6 is 11.3 Å². The highest BCUT2D eigenvalue weighted by Crippen LogP contribution is 2.34. The highest BCUT2D eigenvalue weighted by atomic mass is 32.2. The van der Waals surface area contributed by atoms with E-state index in [2.05, 4.69) is 15.0 Å². The van der Waals surface area contributed by atoms with Gasteiger partial charge in [0.1, 0.15) is 21.0 Å². The second-order valence-electron chi connectivity index (χ2n) is 4.16. The molecular formula is C12H6F3N3O2S2. The molecule has 3 heterocycles. The molecule has 1 unspecified atom stereocenters. The van der Waals surface area contributed by atoms with Gasteiger partial charge in [-0.05, 0) is 18.2 Å². The molecular weight excluding hydrogens is 339 g/mol. The van der Waals surface area contributed by atoms with E-state index in [-0.39, 0.29) is 21.1 Å². The van der Waals surface area contributed by atoms with Crippen molar-refractivity contribution in [3.63, 3.8) is 0 Å². The lowest BCUT2D eigenvalue weighted by atomic mass is 10.3. The molecule has 0 saturated carbocycles. The maximum Gasteiger partial charge on any atom is 0.417 e.